The number of alkyl halides is 1. The van der Waals surface area contributed by atoms with Gasteiger partial charge in [-0.2, -0.15) is 0 Å². The second-order valence-electron chi connectivity index (χ2n) is 12.1. The summed E-state index contributed by atoms with van der Waals surface area (Å²) in [6.07, 6.45) is 4.12. The minimum Gasteiger partial charge on any atom is -0.459 e. The third-order valence-corrected chi connectivity index (χ3v) is 10.4. The molecule has 38 heavy (non-hydrogen) atoms. The summed E-state index contributed by atoms with van der Waals surface area (Å²) in [7, 11) is 0. The van der Waals surface area contributed by atoms with Crippen molar-refractivity contribution in [3.05, 3.63) is 53.6 Å². The van der Waals surface area contributed by atoms with Gasteiger partial charge in [0.1, 0.15) is 18.3 Å². The monoisotopic (exact) mass is 525 g/mol. The number of hydrogen-bond acceptors (Lipinski definition) is 7. The zero-order chi connectivity index (χ0) is 27.7. The number of benzene rings is 1. The molecule has 0 aliphatic heterocycles. The highest BCUT2D eigenvalue weighted by Crippen LogP contribution is 2.70. The van der Waals surface area contributed by atoms with E-state index in [2.05, 4.69) is 0 Å². The number of aliphatic hydroxyl groups is 2. The molecule has 4 N–H and O–H groups in total. The van der Waals surface area contributed by atoms with Crippen LogP contribution in [0.2, 0.25) is 0 Å². The molecule has 0 aromatic heterocycles. The zero-order valence-corrected chi connectivity index (χ0v) is 22.1. The maximum Gasteiger partial charge on any atom is 0.310 e. The third kappa shape index (κ3) is 3.42. The van der Waals surface area contributed by atoms with Crippen LogP contribution in [0, 0.1) is 28.6 Å². The number of esters is 1. The van der Waals surface area contributed by atoms with Crippen molar-refractivity contribution >= 4 is 23.2 Å². The highest BCUT2D eigenvalue weighted by molar-refractivity contribution is 5.93. The molecule has 0 spiro atoms. The van der Waals surface area contributed by atoms with E-state index in [4.69, 9.17) is 10.5 Å². The van der Waals surface area contributed by atoms with Crippen LogP contribution >= 0.6 is 0 Å². The number of ketones is 2. The Bertz CT molecular complexity index is 1260. The summed E-state index contributed by atoms with van der Waals surface area (Å²) in [5, 5.41) is 21.6. The molecule has 0 saturated heterocycles. The van der Waals surface area contributed by atoms with Gasteiger partial charge in [-0.25, -0.2) is 4.39 Å². The van der Waals surface area contributed by atoms with Gasteiger partial charge >= 0.3 is 5.97 Å². The SMILES string of the molecule is C[C@@H]1CC2C3CC=C4CC(=O)C=C[C@]4(C)[C@@]3(F)[C@@H](OC(=O)Cc3ccccc3N)C[C@]2(C)[C@@]1(O)C(=O)CO. The number of aliphatic hydroxyl groups excluding tert-OH is 1. The molecule has 1 aromatic rings. The Kier molecular flexibility index (Phi) is 6.23. The van der Waals surface area contributed by atoms with E-state index in [9.17, 15) is 24.6 Å². The van der Waals surface area contributed by atoms with Crippen LogP contribution in [0.5, 0.6) is 0 Å². The first-order valence-electron chi connectivity index (χ1n) is 13.3. The second-order valence-corrected chi connectivity index (χ2v) is 12.1. The summed E-state index contributed by atoms with van der Waals surface area (Å²) in [5.41, 5.74) is 1.34. The summed E-state index contributed by atoms with van der Waals surface area (Å²) in [6.45, 7) is 4.42. The van der Waals surface area contributed by atoms with Crippen molar-refractivity contribution < 1.29 is 33.7 Å². The molecule has 204 valence electrons. The normalized spacial score (nSPS) is 41.5. The smallest absolute Gasteiger partial charge is 0.310 e. The predicted molar refractivity (Wildman–Crippen MR) is 138 cm³/mol. The Morgan fingerprint density at radius 1 is 1.21 bits per heavy atom. The van der Waals surface area contributed by atoms with Gasteiger partial charge in [0, 0.05) is 28.9 Å². The highest BCUT2D eigenvalue weighted by Gasteiger charge is 2.76. The first-order chi connectivity index (χ1) is 17.8. The third-order valence-electron chi connectivity index (χ3n) is 10.4. The molecule has 4 aliphatic carbocycles. The number of ether oxygens (including phenoxy) is 1. The molecule has 0 radical (unpaired) electrons. The summed E-state index contributed by atoms with van der Waals surface area (Å²) >= 11 is 0. The van der Waals surface area contributed by atoms with Crippen molar-refractivity contribution in [3.63, 3.8) is 0 Å². The van der Waals surface area contributed by atoms with E-state index in [1.165, 1.54) is 6.08 Å². The molecule has 5 rings (SSSR count). The fourth-order valence-electron chi connectivity index (χ4n) is 8.31. The molecule has 2 unspecified atom stereocenters. The van der Waals surface area contributed by atoms with E-state index in [0.717, 1.165) is 0 Å². The topological polar surface area (TPSA) is 127 Å². The number of rotatable bonds is 5. The number of hydrogen-bond donors (Lipinski definition) is 3. The van der Waals surface area contributed by atoms with Gasteiger partial charge in [0.15, 0.2) is 17.2 Å². The van der Waals surface area contributed by atoms with Gasteiger partial charge in [-0.05, 0) is 55.7 Å². The average molecular weight is 526 g/mol. The average Bonchev–Trinajstić information content (AvgIpc) is 3.07. The predicted octanol–water partition coefficient (Wildman–Crippen LogP) is 3.27. The Labute approximate surface area is 221 Å². The van der Waals surface area contributed by atoms with Gasteiger partial charge in [0.2, 0.25) is 0 Å². The fraction of sp³-hybridized carbons (Fsp3) is 0.567. The van der Waals surface area contributed by atoms with Crippen LogP contribution in [0.4, 0.5) is 10.1 Å². The Balaban J connectivity index is 1.61. The van der Waals surface area contributed by atoms with Crippen LogP contribution < -0.4 is 5.73 Å². The minimum absolute atomic E-state index is 0.0951. The van der Waals surface area contributed by atoms with Gasteiger partial charge in [0.05, 0.1) is 6.42 Å². The number of fused-ring (bicyclic) bond motifs is 5. The molecule has 8 heteroatoms. The number of carbonyl (C=O) groups excluding carboxylic acids is 3. The molecule has 2 saturated carbocycles. The minimum atomic E-state index is -2.08. The van der Waals surface area contributed by atoms with Gasteiger partial charge in [-0.15, -0.1) is 0 Å². The summed E-state index contributed by atoms with van der Waals surface area (Å²) < 4.78 is 24.0. The van der Waals surface area contributed by atoms with E-state index in [1.54, 1.807) is 51.1 Å². The van der Waals surface area contributed by atoms with Crippen molar-refractivity contribution in [1.29, 1.82) is 0 Å². The van der Waals surface area contributed by atoms with Crippen LogP contribution in [-0.2, 0) is 25.5 Å². The molecule has 2 fully saturated rings. The zero-order valence-electron chi connectivity index (χ0n) is 22.1. The van der Waals surface area contributed by atoms with Gasteiger partial charge < -0.3 is 20.7 Å². The largest absolute Gasteiger partial charge is 0.459 e. The summed E-state index contributed by atoms with van der Waals surface area (Å²) in [5.74, 6) is -3.10. The molecule has 0 heterocycles. The van der Waals surface area contributed by atoms with E-state index in [0.29, 0.717) is 29.7 Å². The van der Waals surface area contributed by atoms with Crippen LogP contribution in [0.25, 0.3) is 0 Å². The quantitative estimate of drug-likeness (QED) is 0.306. The number of para-hydroxylation sites is 1. The lowest BCUT2D eigenvalue weighted by molar-refractivity contribution is -0.226. The van der Waals surface area contributed by atoms with Crippen LogP contribution in [0.3, 0.4) is 0 Å². The highest BCUT2D eigenvalue weighted by atomic mass is 19.1. The molecular formula is C30H36FNO6. The second kappa shape index (κ2) is 8.85. The van der Waals surface area contributed by atoms with Gasteiger partial charge in [-0.1, -0.05) is 49.8 Å². The van der Waals surface area contributed by atoms with Crippen molar-refractivity contribution in [1.82, 2.24) is 0 Å². The summed E-state index contributed by atoms with van der Waals surface area (Å²) in [4.78, 5) is 38.5. The fourth-order valence-corrected chi connectivity index (χ4v) is 8.31. The molecule has 7 nitrogen and oxygen atoms in total. The maximum atomic E-state index is 18.1. The lowest BCUT2D eigenvalue weighted by atomic mass is 9.45. The van der Waals surface area contributed by atoms with E-state index >= 15 is 4.39 Å². The number of carbonyl (C=O) groups is 3. The Morgan fingerprint density at radius 3 is 2.61 bits per heavy atom. The van der Waals surface area contributed by atoms with Gasteiger partial charge in [0.25, 0.3) is 0 Å². The number of halogens is 1. The number of Topliss-reactive ketones (excluding diaryl/α,β-unsaturated/α-hetero) is 1. The molecule has 8 atom stereocenters. The first-order valence-corrected chi connectivity index (χ1v) is 13.3. The Morgan fingerprint density at radius 2 is 1.92 bits per heavy atom. The van der Waals surface area contributed by atoms with E-state index in [-0.39, 0.29) is 25.0 Å². The van der Waals surface area contributed by atoms with Crippen molar-refractivity contribution in [2.24, 2.45) is 28.6 Å². The first kappa shape index (κ1) is 26.8. The molecule has 1 aromatic carbocycles. The number of nitrogens with two attached hydrogens (primary N) is 1. The van der Waals surface area contributed by atoms with Crippen LogP contribution in [-0.4, -0.2) is 51.7 Å². The molecular weight excluding hydrogens is 489 g/mol. The standard InChI is InChI=1S/C30H36FNO6/c1-17-12-22-21-9-8-19-14-20(34)10-11-27(19,2)29(21,31)25(15-28(22,3)30(17,37)24(35)16-33)38-26(36)13-18-6-4-5-7-23(18)32/h4-8,10-11,17,21-22,25,33,37H,9,12-16,32H2,1-3H3/t17-,21?,22?,25+,27+,28+,29+,30+/m1/s1. The van der Waals surface area contributed by atoms with Crippen molar-refractivity contribution in [2.75, 3.05) is 12.3 Å². The summed E-state index contributed by atoms with van der Waals surface area (Å²) in [6, 6.07) is 6.88. The Hall–Kier alpha value is -2.84. The molecule has 0 bridgehead atoms. The van der Waals surface area contributed by atoms with Crippen molar-refractivity contribution in [3.8, 4) is 0 Å². The maximum absolute atomic E-state index is 18.1. The van der Waals surface area contributed by atoms with Crippen LogP contribution in [0.15, 0.2) is 48.1 Å². The number of nitrogen functional groups attached to an aromatic ring is 1. The lowest BCUT2D eigenvalue weighted by Crippen LogP contribution is -2.69. The number of allylic oxidation sites excluding steroid dienone is 4. The van der Waals surface area contributed by atoms with Crippen molar-refractivity contribution in [2.45, 2.75) is 70.2 Å². The molecule has 0 amide bonds. The molecule has 4 aliphatic rings. The van der Waals surface area contributed by atoms with Gasteiger partial charge in [-0.3, -0.25) is 14.4 Å². The number of anilines is 1. The van der Waals surface area contributed by atoms with E-state index in [1.807, 2.05) is 6.08 Å². The lowest BCUT2D eigenvalue weighted by Gasteiger charge is -2.62. The van der Waals surface area contributed by atoms with E-state index < -0.39 is 64.3 Å². The van der Waals surface area contributed by atoms with Crippen LogP contribution in [0.1, 0.15) is 52.0 Å².